The number of thioether (sulfide) groups is 1. The minimum atomic E-state index is -0.0503. The van der Waals surface area contributed by atoms with Crippen molar-refractivity contribution < 1.29 is 9.53 Å². The number of urea groups is 1. The molecule has 2 heterocycles. The van der Waals surface area contributed by atoms with E-state index in [-0.39, 0.29) is 12.1 Å². The van der Waals surface area contributed by atoms with Crippen LogP contribution in [0, 0.1) is 0 Å². The fourth-order valence-electron chi connectivity index (χ4n) is 3.05. The zero-order chi connectivity index (χ0) is 18.9. The van der Waals surface area contributed by atoms with Crippen molar-refractivity contribution in [3.05, 3.63) is 54.4 Å². The summed E-state index contributed by atoms with van der Waals surface area (Å²) in [6, 6.07) is 13.8. The molecule has 0 radical (unpaired) electrons. The molecular formula is C21H27N3O2S. The summed E-state index contributed by atoms with van der Waals surface area (Å²) in [5.41, 5.74) is 1.80. The molecular weight excluding hydrogens is 358 g/mol. The van der Waals surface area contributed by atoms with Gasteiger partial charge in [-0.2, -0.15) is 0 Å². The summed E-state index contributed by atoms with van der Waals surface area (Å²) >= 11 is 1.78. The maximum atomic E-state index is 12.8. The minimum absolute atomic E-state index is 0.0503. The Bertz CT molecular complexity index is 726. The Kier molecular flexibility index (Phi) is 7.54. The number of benzene rings is 1. The normalized spacial score (nSPS) is 16.9. The number of anilines is 1. The molecule has 2 aromatic rings. The second-order valence-corrected chi connectivity index (χ2v) is 7.75. The molecule has 0 saturated carbocycles. The number of nitrogens with zero attached hydrogens (tertiary/aromatic N) is 2. The minimum Gasteiger partial charge on any atom is -0.370 e. The third kappa shape index (κ3) is 5.97. The second kappa shape index (κ2) is 10.3. The van der Waals surface area contributed by atoms with Crippen molar-refractivity contribution >= 4 is 23.5 Å². The molecule has 1 fully saturated rings. The SMILES string of the molecule is CCCSc1ccccc1NC(=O)N1CCCC(OCc2ccccn2)C1. The maximum Gasteiger partial charge on any atom is 0.321 e. The molecule has 0 aliphatic carbocycles. The van der Waals surface area contributed by atoms with Gasteiger partial charge in [-0.3, -0.25) is 4.98 Å². The summed E-state index contributed by atoms with van der Waals surface area (Å²) in [5, 5.41) is 3.08. The number of para-hydroxylation sites is 1. The van der Waals surface area contributed by atoms with Gasteiger partial charge in [-0.05, 0) is 49.3 Å². The van der Waals surface area contributed by atoms with E-state index in [0.717, 1.165) is 47.8 Å². The highest BCUT2D eigenvalue weighted by atomic mass is 32.2. The number of hydrogen-bond donors (Lipinski definition) is 1. The van der Waals surface area contributed by atoms with Crippen LogP contribution >= 0.6 is 11.8 Å². The number of piperidine rings is 1. The maximum absolute atomic E-state index is 12.8. The summed E-state index contributed by atoms with van der Waals surface area (Å²) in [7, 11) is 0. The van der Waals surface area contributed by atoms with Crippen molar-refractivity contribution in [3.8, 4) is 0 Å². The molecule has 1 atom stereocenters. The van der Waals surface area contributed by atoms with Crippen LogP contribution < -0.4 is 5.32 Å². The summed E-state index contributed by atoms with van der Waals surface area (Å²) in [6.07, 6.45) is 4.85. The van der Waals surface area contributed by atoms with Gasteiger partial charge in [-0.1, -0.05) is 25.1 Å². The second-order valence-electron chi connectivity index (χ2n) is 6.62. The van der Waals surface area contributed by atoms with Crippen LogP contribution in [0.25, 0.3) is 0 Å². The van der Waals surface area contributed by atoms with Crippen LogP contribution in [0.4, 0.5) is 10.5 Å². The van der Waals surface area contributed by atoms with E-state index in [0.29, 0.717) is 13.2 Å². The molecule has 1 N–H and O–H groups in total. The monoisotopic (exact) mass is 385 g/mol. The fourth-order valence-corrected chi connectivity index (χ4v) is 3.92. The quantitative estimate of drug-likeness (QED) is 0.696. The Labute approximate surface area is 165 Å². The van der Waals surface area contributed by atoms with Crippen molar-refractivity contribution in [2.75, 3.05) is 24.2 Å². The van der Waals surface area contributed by atoms with Crippen LogP contribution in [0.3, 0.4) is 0 Å². The highest BCUT2D eigenvalue weighted by molar-refractivity contribution is 7.99. The highest BCUT2D eigenvalue weighted by Crippen LogP contribution is 2.28. The first-order valence-electron chi connectivity index (χ1n) is 9.55. The van der Waals surface area contributed by atoms with E-state index >= 15 is 0 Å². The predicted octanol–water partition coefficient (Wildman–Crippen LogP) is 4.80. The van der Waals surface area contributed by atoms with E-state index in [1.807, 2.05) is 41.3 Å². The lowest BCUT2D eigenvalue weighted by atomic mass is 10.1. The van der Waals surface area contributed by atoms with E-state index in [2.05, 4.69) is 23.3 Å². The average Bonchev–Trinajstić information content (AvgIpc) is 2.72. The van der Waals surface area contributed by atoms with Gasteiger partial charge in [0, 0.05) is 24.2 Å². The Balaban J connectivity index is 1.54. The Morgan fingerprint density at radius 1 is 1.30 bits per heavy atom. The van der Waals surface area contributed by atoms with Crippen LogP contribution in [0.2, 0.25) is 0 Å². The molecule has 0 bridgehead atoms. The van der Waals surface area contributed by atoms with Gasteiger partial charge < -0.3 is 15.0 Å². The molecule has 2 amide bonds. The zero-order valence-electron chi connectivity index (χ0n) is 15.8. The van der Waals surface area contributed by atoms with Gasteiger partial charge in [0.2, 0.25) is 0 Å². The molecule has 1 aliphatic heterocycles. The molecule has 1 unspecified atom stereocenters. The van der Waals surface area contributed by atoms with Crippen molar-refractivity contribution in [3.63, 3.8) is 0 Å². The number of hydrogen-bond acceptors (Lipinski definition) is 4. The number of nitrogens with one attached hydrogen (secondary N) is 1. The van der Waals surface area contributed by atoms with Crippen molar-refractivity contribution in [1.82, 2.24) is 9.88 Å². The summed E-state index contributed by atoms with van der Waals surface area (Å²) in [6.45, 7) is 4.02. The number of likely N-dealkylation sites (tertiary alicyclic amines) is 1. The van der Waals surface area contributed by atoms with Gasteiger partial charge in [0.15, 0.2) is 0 Å². The molecule has 0 spiro atoms. The van der Waals surface area contributed by atoms with E-state index < -0.39 is 0 Å². The molecule has 1 aliphatic rings. The predicted molar refractivity (Wildman–Crippen MR) is 110 cm³/mol. The molecule has 1 saturated heterocycles. The topological polar surface area (TPSA) is 54.5 Å². The third-order valence-electron chi connectivity index (χ3n) is 4.45. The molecule has 1 aromatic carbocycles. The molecule has 1 aromatic heterocycles. The number of ether oxygens (including phenoxy) is 1. The van der Waals surface area contributed by atoms with Gasteiger partial charge in [-0.25, -0.2) is 4.79 Å². The number of aromatic nitrogens is 1. The van der Waals surface area contributed by atoms with Crippen LogP contribution in [0.1, 0.15) is 31.9 Å². The van der Waals surface area contributed by atoms with Crippen LogP contribution in [0.15, 0.2) is 53.6 Å². The summed E-state index contributed by atoms with van der Waals surface area (Å²) < 4.78 is 5.99. The van der Waals surface area contributed by atoms with Gasteiger partial charge in [-0.15, -0.1) is 11.8 Å². The molecule has 144 valence electrons. The van der Waals surface area contributed by atoms with E-state index in [4.69, 9.17) is 4.74 Å². The van der Waals surface area contributed by atoms with Gasteiger partial charge in [0.25, 0.3) is 0 Å². The molecule has 3 rings (SSSR count). The van der Waals surface area contributed by atoms with Crippen LogP contribution in [-0.2, 0) is 11.3 Å². The summed E-state index contributed by atoms with van der Waals surface area (Å²) in [5.74, 6) is 1.04. The first-order valence-corrected chi connectivity index (χ1v) is 10.5. The highest BCUT2D eigenvalue weighted by Gasteiger charge is 2.24. The van der Waals surface area contributed by atoms with Gasteiger partial charge in [0.05, 0.1) is 24.1 Å². The Morgan fingerprint density at radius 3 is 2.96 bits per heavy atom. The Morgan fingerprint density at radius 2 is 2.15 bits per heavy atom. The van der Waals surface area contributed by atoms with E-state index in [1.165, 1.54) is 0 Å². The number of pyridine rings is 1. The number of carbonyl (C=O) groups is 1. The summed E-state index contributed by atoms with van der Waals surface area (Å²) in [4.78, 5) is 20.0. The standard InChI is InChI=1S/C21H27N3O2S/c1-2-14-27-20-11-4-3-10-19(20)23-21(25)24-13-7-9-18(15-24)26-16-17-8-5-6-12-22-17/h3-6,8,10-12,18H,2,7,9,13-16H2,1H3,(H,23,25). The van der Waals surface area contributed by atoms with Gasteiger partial charge in [0.1, 0.15) is 0 Å². The first-order chi connectivity index (χ1) is 13.3. The van der Waals surface area contributed by atoms with Crippen LogP contribution in [-0.4, -0.2) is 40.9 Å². The lowest BCUT2D eigenvalue weighted by molar-refractivity contribution is -0.000330. The lowest BCUT2D eigenvalue weighted by Gasteiger charge is -2.32. The van der Waals surface area contributed by atoms with Crippen LogP contribution in [0.5, 0.6) is 0 Å². The van der Waals surface area contributed by atoms with E-state index in [9.17, 15) is 4.79 Å². The average molecular weight is 386 g/mol. The fraction of sp³-hybridized carbons (Fsp3) is 0.429. The zero-order valence-corrected chi connectivity index (χ0v) is 16.6. The van der Waals surface area contributed by atoms with Crippen molar-refractivity contribution in [1.29, 1.82) is 0 Å². The molecule has 6 heteroatoms. The van der Waals surface area contributed by atoms with E-state index in [1.54, 1.807) is 18.0 Å². The largest absolute Gasteiger partial charge is 0.370 e. The number of rotatable bonds is 7. The molecule has 27 heavy (non-hydrogen) atoms. The Hall–Kier alpha value is -2.05. The molecule has 5 nitrogen and oxygen atoms in total. The number of amides is 2. The third-order valence-corrected chi connectivity index (χ3v) is 5.73. The first kappa shape index (κ1) is 19.7. The van der Waals surface area contributed by atoms with Gasteiger partial charge >= 0.3 is 6.03 Å². The number of carbonyl (C=O) groups excluding carboxylic acids is 1. The smallest absolute Gasteiger partial charge is 0.321 e. The lowest BCUT2D eigenvalue weighted by Crippen LogP contribution is -2.45. The van der Waals surface area contributed by atoms with Crippen molar-refractivity contribution in [2.24, 2.45) is 0 Å². The van der Waals surface area contributed by atoms with Crippen molar-refractivity contribution in [2.45, 2.75) is 43.8 Å².